The first kappa shape index (κ1) is 16.5. The second kappa shape index (κ2) is 6.61. The molecule has 0 spiro atoms. The molecule has 3 heterocycles. The molecule has 6 heteroatoms. The molecule has 0 N–H and O–H groups in total. The molecule has 0 bridgehead atoms. The summed E-state index contributed by atoms with van der Waals surface area (Å²) in [7, 11) is 0. The van der Waals surface area contributed by atoms with Crippen LogP contribution in [0.5, 0.6) is 0 Å². The minimum atomic E-state index is 0.198. The van der Waals surface area contributed by atoms with Gasteiger partial charge in [-0.3, -0.25) is 14.6 Å². The highest BCUT2D eigenvalue weighted by atomic mass is 16.5. The summed E-state index contributed by atoms with van der Waals surface area (Å²) in [6, 6.07) is 0.588. The van der Waals surface area contributed by atoms with E-state index in [0.29, 0.717) is 12.0 Å². The zero-order valence-electron chi connectivity index (χ0n) is 14.7. The maximum Gasteiger partial charge on any atom is 0.219 e. The van der Waals surface area contributed by atoms with E-state index in [1.807, 2.05) is 18.7 Å². The third-order valence-corrected chi connectivity index (χ3v) is 5.44. The van der Waals surface area contributed by atoms with Crippen molar-refractivity contribution < 1.29 is 9.32 Å². The lowest BCUT2D eigenvalue weighted by molar-refractivity contribution is -0.130. The van der Waals surface area contributed by atoms with Gasteiger partial charge in [0.25, 0.3) is 0 Å². The van der Waals surface area contributed by atoms with E-state index in [9.17, 15) is 4.79 Å². The maximum absolute atomic E-state index is 11.5. The van der Waals surface area contributed by atoms with Gasteiger partial charge in [0.1, 0.15) is 5.76 Å². The number of nitrogens with zero attached hydrogens (tertiary/aromatic N) is 4. The number of carbonyl (C=O) groups is 1. The Morgan fingerprint density at radius 3 is 2.48 bits per heavy atom. The molecule has 0 saturated carbocycles. The molecule has 1 aromatic rings. The van der Waals surface area contributed by atoms with Crippen molar-refractivity contribution in [1.82, 2.24) is 19.9 Å². The van der Waals surface area contributed by atoms with Gasteiger partial charge in [-0.1, -0.05) is 12.1 Å². The van der Waals surface area contributed by atoms with Crippen molar-refractivity contribution in [3.05, 3.63) is 17.0 Å². The second-order valence-corrected chi connectivity index (χ2v) is 7.08. The Morgan fingerprint density at radius 2 is 1.91 bits per heavy atom. The number of piperazine rings is 1. The fourth-order valence-electron chi connectivity index (χ4n) is 3.97. The summed E-state index contributed by atoms with van der Waals surface area (Å²) in [6.45, 7) is 14.9. The van der Waals surface area contributed by atoms with Crippen LogP contribution in [0.3, 0.4) is 0 Å². The Bertz CT molecular complexity index is 543. The first-order valence-electron chi connectivity index (χ1n) is 8.59. The first-order chi connectivity index (χ1) is 11.0. The minimum Gasteiger partial charge on any atom is -0.361 e. The van der Waals surface area contributed by atoms with Gasteiger partial charge in [-0.15, -0.1) is 0 Å². The fraction of sp³-hybridized carbons (Fsp3) is 0.765. The van der Waals surface area contributed by atoms with Gasteiger partial charge in [-0.2, -0.15) is 0 Å². The Labute approximate surface area is 138 Å². The highest BCUT2D eigenvalue weighted by Crippen LogP contribution is 2.26. The summed E-state index contributed by atoms with van der Waals surface area (Å²) in [5.74, 6) is 1.79. The average molecular weight is 320 g/mol. The van der Waals surface area contributed by atoms with Crippen LogP contribution in [0.1, 0.15) is 30.9 Å². The third kappa shape index (κ3) is 3.43. The molecule has 1 aromatic heterocycles. The Hall–Kier alpha value is -1.40. The molecule has 2 aliphatic rings. The smallest absolute Gasteiger partial charge is 0.219 e. The summed E-state index contributed by atoms with van der Waals surface area (Å²) >= 11 is 0. The Kier molecular flexibility index (Phi) is 4.73. The molecule has 3 rings (SSSR count). The molecule has 128 valence electrons. The summed E-state index contributed by atoms with van der Waals surface area (Å²) in [5.41, 5.74) is 2.24. The van der Waals surface area contributed by atoms with Crippen LogP contribution in [0, 0.1) is 19.8 Å². The quantitative estimate of drug-likeness (QED) is 0.840. The van der Waals surface area contributed by atoms with Crippen molar-refractivity contribution in [1.29, 1.82) is 0 Å². The highest BCUT2D eigenvalue weighted by Gasteiger charge is 2.35. The molecule has 1 amide bonds. The van der Waals surface area contributed by atoms with Crippen LogP contribution in [-0.4, -0.2) is 71.1 Å². The molecule has 2 aliphatic heterocycles. The van der Waals surface area contributed by atoms with Crippen LogP contribution >= 0.6 is 0 Å². The second-order valence-electron chi connectivity index (χ2n) is 7.08. The summed E-state index contributed by atoms with van der Waals surface area (Å²) in [6.07, 6.45) is 0. The van der Waals surface area contributed by atoms with Gasteiger partial charge >= 0.3 is 0 Å². The molecule has 0 radical (unpaired) electrons. The van der Waals surface area contributed by atoms with Crippen LogP contribution in [-0.2, 0) is 11.3 Å². The lowest BCUT2D eigenvalue weighted by Gasteiger charge is -2.39. The standard InChI is InChI=1S/C17H28N4O2/c1-12-9-19(10-16-13(2)18-23-14(16)3)11-17(12)21-7-5-20(6-8-21)15(4)22/h12,17H,5-11H2,1-4H3. The van der Waals surface area contributed by atoms with Gasteiger partial charge < -0.3 is 9.42 Å². The van der Waals surface area contributed by atoms with Crippen LogP contribution in [0.2, 0.25) is 0 Å². The molecular weight excluding hydrogens is 292 g/mol. The third-order valence-electron chi connectivity index (χ3n) is 5.44. The Morgan fingerprint density at radius 1 is 1.22 bits per heavy atom. The zero-order valence-corrected chi connectivity index (χ0v) is 14.7. The van der Waals surface area contributed by atoms with Crippen molar-refractivity contribution in [2.45, 2.75) is 40.3 Å². The molecule has 2 unspecified atom stereocenters. The van der Waals surface area contributed by atoms with Gasteiger partial charge in [0, 0.05) is 64.3 Å². The number of rotatable bonds is 3. The van der Waals surface area contributed by atoms with E-state index >= 15 is 0 Å². The molecule has 0 aliphatic carbocycles. The molecule has 6 nitrogen and oxygen atoms in total. The van der Waals surface area contributed by atoms with Crippen LogP contribution < -0.4 is 0 Å². The molecule has 23 heavy (non-hydrogen) atoms. The molecule has 2 saturated heterocycles. The van der Waals surface area contributed by atoms with E-state index in [2.05, 4.69) is 21.9 Å². The fourth-order valence-corrected chi connectivity index (χ4v) is 3.97. The predicted molar refractivity (Wildman–Crippen MR) is 88.0 cm³/mol. The zero-order chi connectivity index (χ0) is 16.6. The number of hydrogen-bond donors (Lipinski definition) is 0. The van der Waals surface area contributed by atoms with Gasteiger partial charge in [-0.25, -0.2) is 0 Å². The molecule has 2 fully saturated rings. The van der Waals surface area contributed by atoms with E-state index in [-0.39, 0.29) is 5.91 Å². The van der Waals surface area contributed by atoms with Crippen molar-refractivity contribution in [2.75, 3.05) is 39.3 Å². The van der Waals surface area contributed by atoms with E-state index in [1.165, 1.54) is 5.56 Å². The van der Waals surface area contributed by atoms with Crippen molar-refractivity contribution in [2.24, 2.45) is 5.92 Å². The maximum atomic E-state index is 11.5. The van der Waals surface area contributed by atoms with E-state index in [0.717, 1.165) is 57.3 Å². The number of aryl methyl sites for hydroxylation is 2. The van der Waals surface area contributed by atoms with Gasteiger partial charge in [0.05, 0.1) is 5.69 Å². The number of hydrogen-bond acceptors (Lipinski definition) is 5. The highest BCUT2D eigenvalue weighted by molar-refractivity contribution is 5.73. The summed E-state index contributed by atoms with van der Waals surface area (Å²) in [5, 5.41) is 4.06. The van der Waals surface area contributed by atoms with Crippen molar-refractivity contribution >= 4 is 5.91 Å². The van der Waals surface area contributed by atoms with Crippen LogP contribution in [0.15, 0.2) is 4.52 Å². The number of aromatic nitrogens is 1. The van der Waals surface area contributed by atoms with Crippen LogP contribution in [0.4, 0.5) is 0 Å². The largest absolute Gasteiger partial charge is 0.361 e. The van der Waals surface area contributed by atoms with E-state index in [4.69, 9.17) is 4.52 Å². The predicted octanol–water partition coefficient (Wildman–Crippen LogP) is 1.28. The normalized spacial score (nSPS) is 26.9. The number of amides is 1. The van der Waals surface area contributed by atoms with Gasteiger partial charge in [0.2, 0.25) is 5.91 Å². The topological polar surface area (TPSA) is 52.8 Å². The summed E-state index contributed by atoms with van der Waals surface area (Å²) < 4.78 is 5.29. The molecular formula is C17H28N4O2. The van der Waals surface area contributed by atoms with E-state index in [1.54, 1.807) is 6.92 Å². The van der Waals surface area contributed by atoms with Crippen molar-refractivity contribution in [3.8, 4) is 0 Å². The lowest BCUT2D eigenvalue weighted by Crippen LogP contribution is -2.53. The van der Waals surface area contributed by atoms with Gasteiger partial charge in [0.15, 0.2) is 0 Å². The number of carbonyl (C=O) groups excluding carboxylic acids is 1. The number of likely N-dealkylation sites (tertiary alicyclic amines) is 1. The summed E-state index contributed by atoms with van der Waals surface area (Å²) in [4.78, 5) is 18.5. The van der Waals surface area contributed by atoms with Gasteiger partial charge in [-0.05, 0) is 19.8 Å². The monoisotopic (exact) mass is 320 g/mol. The Balaban J connectivity index is 1.58. The van der Waals surface area contributed by atoms with Crippen molar-refractivity contribution in [3.63, 3.8) is 0 Å². The minimum absolute atomic E-state index is 0.198. The lowest BCUT2D eigenvalue weighted by atomic mass is 10.0. The average Bonchev–Trinajstić information content (AvgIpc) is 3.04. The molecule has 2 atom stereocenters. The van der Waals surface area contributed by atoms with E-state index < -0.39 is 0 Å². The molecule has 0 aromatic carbocycles. The van der Waals surface area contributed by atoms with Crippen LogP contribution in [0.25, 0.3) is 0 Å². The SMILES string of the molecule is CC(=O)N1CCN(C2CN(Cc3c(C)noc3C)CC2C)CC1. The first-order valence-corrected chi connectivity index (χ1v) is 8.59.